The Bertz CT molecular complexity index is 683. The lowest BCUT2D eigenvalue weighted by Gasteiger charge is -2.13. The number of nitrogens with zero attached hydrogens (tertiary/aromatic N) is 4. The van der Waals surface area contributed by atoms with Crippen molar-refractivity contribution >= 4 is 11.9 Å². The van der Waals surface area contributed by atoms with Gasteiger partial charge in [0.1, 0.15) is 0 Å². The number of amides is 1. The van der Waals surface area contributed by atoms with Crippen LogP contribution in [-0.4, -0.2) is 50.0 Å². The van der Waals surface area contributed by atoms with Gasteiger partial charge in [0.05, 0.1) is 18.7 Å². The number of hydrogen-bond donors (Lipinski definition) is 1. The third kappa shape index (κ3) is 2.98. The standard InChI is InChI=1S/C15H16N4O3/c20-14(18-7-6-12(9-18)15(21)22)13-10-19(17-16-13)8-11-4-2-1-3-5-11/h1-5,10,12H,6-9H2,(H,21,22)/t12-/m1/s1. The van der Waals surface area contributed by atoms with E-state index in [1.807, 2.05) is 30.3 Å². The monoisotopic (exact) mass is 300 g/mol. The van der Waals surface area contributed by atoms with Crippen molar-refractivity contribution in [3.05, 3.63) is 47.8 Å². The summed E-state index contributed by atoms with van der Waals surface area (Å²) in [6, 6.07) is 9.76. The molecule has 2 heterocycles. The first-order chi connectivity index (χ1) is 10.6. The molecular weight excluding hydrogens is 284 g/mol. The molecule has 114 valence electrons. The second-order valence-electron chi connectivity index (χ2n) is 5.36. The molecule has 1 saturated heterocycles. The van der Waals surface area contributed by atoms with Crippen molar-refractivity contribution < 1.29 is 14.7 Å². The van der Waals surface area contributed by atoms with Crippen LogP contribution in [0.3, 0.4) is 0 Å². The fraction of sp³-hybridized carbons (Fsp3) is 0.333. The van der Waals surface area contributed by atoms with E-state index in [4.69, 9.17) is 5.11 Å². The van der Waals surface area contributed by atoms with Crippen molar-refractivity contribution in [3.8, 4) is 0 Å². The number of hydrogen-bond acceptors (Lipinski definition) is 4. The molecule has 3 rings (SSSR count). The molecule has 1 N–H and O–H groups in total. The number of aromatic nitrogens is 3. The highest BCUT2D eigenvalue weighted by Crippen LogP contribution is 2.18. The summed E-state index contributed by atoms with van der Waals surface area (Å²) >= 11 is 0. The normalized spacial score (nSPS) is 17.6. The predicted octanol–water partition coefficient (Wildman–Crippen LogP) is 0.873. The molecule has 1 amide bonds. The van der Waals surface area contributed by atoms with Crippen LogP contribution in [0.1, 0.15) is 22.5 Å². The quantitative estimate of drug-likeness (QED) is 0.905. The maximum Gasteiger partial charge on any atom is 0.308 e. The molecule has 22 heavy (non-hydrogen) atoms. The fourth-order valence-electron chi connectivity index (χ4n) is 2.55. The minimum atomic E-state index is -0.858. The molecule has 0 radical (unpaired) electrons. The maximum atomic E-state index is 12.3. The molecule has 0 aliphatic carbocycles. The third-order valence-corrected chi connectivity index (χ3v) is 3.77. The average Bonchev–Trinajstić information content (AvgIpc) is 3.17. The first kappa shape index (κ1) is 14.2. The van der Waals surface area contributed by atoms with Gasteiger partial charge in [-0.2, -0.15) is 0 Å². The minimum absolute atomic E-state index is 0.236. The van der Waals surface area contributed by atoms with Crippen molar-refractivity contribution in [2.24, 2.45) is 5.92 Å². The summed E-state index contributed by atoms with van der Waals surface area (Å²) in [4.78, 5) is 24.8. The van der Waals surface area contributed by atoms with Gasteiger partial charge in [-0.3, -0.25) is 9.59 Å². The lowest BCUT2D eigenvalue weighted by molar-refractivity contribution is -0.141. The van der Waals surface area contributed by atoms with E-state index in [-0.39, 0.29) is 18.1 Å². The Morgan fingerprint density at radius 1 is 1.27 bits per heavy atom. The van der Waals surface area contributed by atoms with E-state index in [2.05, 4.69) is 10.3 Å². The fourth-order valence-corrected chi connectivity index (χ4v) is 2.55. The molecule has 1 aliphatic rings. The van der Waals surface area contributed by atoms with Crippen LogP contribution in [0.15, 0.2) is 36.5 Å². The lowest BCUT2D eigenvalue weighted by atomic mass is 10.1. The van der Waals surface area contributed by atoms with Gasteiger partial charge >= 0.3 is 5.97 Å². The zero-order valence-corrected chi connectivity index (χ0v) is 11.9. The van der Waals surface area contributed by atoms with Crippen LogP contribution in [0.25, 0.3) is 0 Å². The van der Waals surface area contributed by atoms with Crippen LogP contribution in [0, 0.1) is 5.92 Å². The highest BCUT2D eigenvalue weighted by molar-refractivity contribution is 5.92. The van der Waals surface area contributed by atoms with Crippen LogP contribution in [0.4, 0.5) is 0 Å². The molecule has 7 heteroatoms. The highest BCUT2D eigenvalue weighted by atomic mass is 16.4. The van der Waals surface area contributed by atoms with Crippen LogP contribution in [-0.2, 0) is 11.3 Å². The summed E-state index contributed by atoms with van der Waals surface area (Å²) in [6.07, 6.45) is 2.09. The van der Waals surface area contributed by atoms with Crippen LogP contribution in [0.2, 0.25) is 0 Å². The van der Waals surface area contributed by atoms with E-state index in [0.29, 0.717) is 19.5 Å². The first-order valence-corrected chi connectivity index (χ1v) is 7.09. The molecule has 7 nitrogen and oxygen atoms in total. The number of benzene rings is 1. The van der Waals surface area contributed by atoms with E-state index in [9.17, 15) is 9.59 Å². The van der Waals surface area contributed by atoms with Gasteiger partial charge in [-0.25, -0.2) is 4.68 Å². The molecular formula is C15H16N4O3. The Hall–Kier alpha value is -2.70. The Labute approximate surface area is 127 Å². The third-order valence-electron chi connectivity index (χ3n) is 3.77. The van der Waals surface area contributed by atoms with Crippen molar-refractivity contribution in [2.45, 2.75) is 13.0 Å². The minimum Gasteiger partial charge on any atom is -0.481 e. The van der Waals surface area contributed by atoms with E-state index < -0.39 is 11.9 Å². The van der Waals surface area contributed by atoms with Crippen molar-refractivity contribution in [2.75, 3.05) is 13.1 Å². The molecule has 1 aliphatic heterocycles. The van der Waals surface area contributed by atoms with Crippen molar-refractivity contribution in [1.29, 1.82) is 0 Å². The van der Waals surface area contributed by atoms with E-state index >= 15 is 0 Å². The van der Waals surface area contributed by atoms with Gasteiger partial charge in [-0.05, 0) is 12.0 Å². The van der Waals surface area contributed by atoms with E-state index in [0.717, 1.165) is 5.56 Å². The predicted molar refractivity (Wildman–Crippen MR) is 77.2 cm³/mol. The number of carboxylic acid groups (broad SMARTS) is 1. The van der Waals surface area contributed by atoms with Gasteiger partial charge in [0.25, 0.3) is 5.91 Å². The second-order valence-corrected chi connectivity index (χ2v) is 5.36. The van der Waals surface area contributed by atoms with Gasteiger partial charge in [0.15, 0.2) is 5.69 Å². The van der Waals surface area contributed by atoms with Gasteiger partial charge in [0, 0.05) is 13.1 Å². The topological polar surface area (TPSA) is 88.3 Å². The summed E-state index contributed by atoms with van der Waals surface area (Å²) in [5.41, 5.74) is 1.32. The summed E-state index contributed by atoms with van der Waals surface area (Å²) in [7, 11) is 0. The van der Waals surface area contributed by atoms with Crippen LogP contribution < -0.4 is 0 Å². The van der Waals surface area contributed by atoms with Gasteiger partial charge in [-0.1, -0.05) is 35.5 Å². The smallest absolute Gasteiger partial charge is 0.308 e. The molecule has 0 saturated carbocycles. The maximum absolute atomic E-state index is 12.3. The molecule has 1 atom stereocenters. The van der Waals surface area contributed by atoms with Gasteiger partial charge in [-0.15, -0.1) is 5.10 Å². The summed E-state index contributed by atoms with van der Waals surface area (Å²) in [5, 5.41) is 16.8. The molecule has 0 unspecified atom stereocenters. The Balaban J connectivity index is 1.66. The summed E-state index contributed by atoms with van der Waals surface area (Å²) in [6.45, 7) is 1.22. The number of carbonyl (C=O) groups is 2. The van der Waals surface area contributed by atoms with Crippen molar-refractivity contribution in [1.82, 2.24) is 19.9 Å². The summed E-state index contributed by atoms with van der Waals surface area (Å²) < 4.78 is 1.60. The highest BCUT2D eigenvalue weighted by Gasteiger charge is 2.32. The molecule has 1 fully saturated rings. The number of aliphatic carboxylic acids is 1. The zero-order valence-electron chi connectivity index (χ0n) is 11.9. The molecule has 0 bridgehead atoms. The lowest BCUT2D eigenvalue weighted by Crippen LogP contribution is -2.30. The summed E-state index contributed by atoms with van der Waals surface area (Å²) in [5.74, 6) is -1.60. The largest absolute Gasteiger partial charge is 0.481 e. The van der Waals surface area contributed by atoms with E-state index in [1.54, 1.807) is 10.9 Å². The number of carboxylic acids is 1. The van der Waals surface area contributed by atoms with Gasteiger partial charge < -0.3 is 10.0 Å². The van der Waals surface area contributed by atoms with Gasteiger partial charge in [0.2, 0.25) is 0 Å². The Kier molecular flexibility index (Phi) is 3.86. The number of likely N-dealkylation sites (tertiary alicyclic amines) is 1. The van der Waals surface area contributed by atoms with Crippen molar-refractivity contribution in [3.63, 3.8) is 0 Å². The first-order valence-electron chi connectivity index (χ1n) is 7.09. The second kappa shape index (κ2) is 5.97. The SMILES string of the molecule is O=C(O)[C@@H]1CCN(C(=O)c2cn(Cc3ccccc3)nn2)C1. The molecule has 1 aromatic heterocycles. The molecule has 0 spiro atoms. The van der Waals surface area contributed by atoms with Crippen LogP contribution in [0.5, 0.6) is 0 Å². The molecule has 1 aromatic carbocycles. The van der Waals surface area contributed by atoms with E-state index in [1.165, 1.54) is 4.90 Å². The average molecular weight is 300 g/mol. The molecule has 2 aromatic rings. The number of rotatable bonds is 4. The van der Waals surface area contributed by atoms with Crippen LogP contribution >= 0.6 is 0 Å². The Morgan fingerprint density at radius 2 is 2.05 bits per heavy atom. The number of carbonyl (C=O) groups excluding carboxylic acids is 1. The Morgan fingerprint density at radius 3 is 2.73 bits per heavy atom. The zero-order chi connectivity index (χ0) is 15.5.